The van der Waals surface area contributed by atoms with Crippen LogP contribution in [0, 0.1) is 5.41 Å². The van der Waals surface area contributed by atoms with E-state index in [1.165, 1.54) is 12.1 Å². The monoisotopic (exact) mass is 434 g/mol. The van der Waals surface area contributed by atoms with Crippen molar-refractivity contribution in [1.82, 2.24) is 9.62 Å². The highest BCUT2D eigenvalue weighted by atomic mass is 35.5. The number of halogens is 2. The van der Waals surface area contributed by atoms with Crippen molar-refractivity contribution in [3.8, 4) is 0 Å². The summed E-state index contributed by atoms with van der Waals surface area (Å²) in [6.07, 6.45) is 3.98. The van der Waals surface area contributed by atoms with E-state index in [1.807, 2.05) is 6.92 Å². The normalized spacial score (nSPS) is 23.5. The second-order valence-electron chi connectivity index (χ2n) is 7.50. The molecule has 0 aromatic heterocycles. The molecule has 1 saturated carbocycles. The van der Waals surface area contributed by atoms with Crippen LogP contribution >= 0.6 is 23.2 Å². The molecule has 1 saturated heterocycles. The van der Waals surface area contributed by atoms with Crippen molar-refractivity contribution in [2.24, 2.45) is 5.41 Å². The number of benzene rings is 1. The van der Waals surface area contributed by atoms with Gasteiger partial charge in [-0.15, -0.1) is 0 Å². The third-order valence-corrected chi connectivity index (χ3v) is 7.77. The number of aliphatic hydroxyl groups is 1. The Labute approximate surface area is 169 Å². The summed E-state index contributed by atoms with van der Waals surface area (Å²) in [5, 5.41) is 9.88. The Bertz CT molecular complexity index is 836. The van der Waals surface area contributed by atoms with Gasteiger partial charge in [-0.2, -0.15) is 0 Å². The lowest BCUT2D eigenvalue weighted by Crippen LogP contribution is -2.47. The first-order chi connectivity index (χ1) is 12.7. The standard InChI is InChI=1S/C18H24Cl2N2O4S/c1-2-18(11-23)6-3-7-22(10-18)17(24)13-8-16(15(20)9-14(13)19)27(25,26)21-12-4-5-12/h8-9,12,21,23H,2-7,10-11H2,1H3. The van der Waals surface area contributed by atoms with E-state index in [2.05, 4.69) is 4.72 Å². The fraction of sp³-hybridized carbons (Fsp3) is 0.611. The van der Waals surface area contributed by atoms with Gasteiger partial charge in [-0.3, -0.25) is 4.79 Å². The van der Waals surface area contributed by atoms with E-state index < -0.39 is 10.0 Å². The van der Waals surface area contributed by atoms with E-state index in [4.69, 9.17) is 23.2 Å². The average Bonchev–Trinajstić information content (AvgIpc) is 3.44. The minimum Gasteiger partial charge on any atom is -0.396 e. The lowest BCUT2D eigenvalue weighted by molar-refractivity contribution is 0.0251. The lowest BCUT2D eigenvalue weighted by Gasteiger charge is -2.41. The number of carbonyl (C=O) groups excluding carboxylic acids is 1. The Balaban J connectivity index is 1.91. The highest BCUT2D eigenvalue weighted by molar-refractivity contribution is 7.89. The molecular weight excluding hydrogens is 411 g/mol. The Morgan fingerprint density at radius 1 is 1.33 bits per heavy atom. The van der Waals surface area contributed by atoms with Gasteiger partial charge in [0.1, 0.15) is 4.90 Å². The maximum absolute atomic E-state index is 13.1. The van der Waals surface area contributed by atoms with Gasteiger partial charge in [-0.05, 0) is 44.2 Å². The van der Waals surface area contributed by atoms with Gasteiger partial charge >= 0.3 is 0 Å². The van der Waals surface area contributed by atoms with Crippen molar-refractivity contribution < 1.29 is 18.3 Å². The molecule has 1 aromatic rings. The number of carbonyl (C=O) groups is 1. The van der Waals surface area contributed by atoms with Gasteiger partial charge in [0.2, 0.25) is 10.0 Å². The molecule has 1 heterocycles. The zero-order valence-corrected chi connectivity index (χ0v) is 17.5. The summed E-state index contributed by atoms with van der Waals surface area (Å²) >= 11 is 12.3. The third-order valence-electron chi connectivity index (χ3n) is 5.47. The number of rotatable bonds is 6. The molecule has 3 rings (SSSR count). The first-order valence-corrected chi connectivity index (χ1v) is 11.4. The number of nitrogens with zero attached hydrogens (tertiary/aromatic N) is 1. The molecule has 1 amide bonds. The number of sulfonamides is 1. The van der Waals surface area contributed by atoms with Crippen LogP contribution in [0.15, 0.2) is 17.0 Å². The fourth-order valence-electron chi connectivity index (χ4n) is 3.46. The number of hydrogen-bond donors (Lipinski definition) is 2. The predicted octanol–water partition coefficient (Wildman–Crippen LogP) is 3.06. The molecule has 2 aliphatic rings. The number of likely N-dealkylation sites (tertiary alicyclic amines) is 1. The van der Waals surface area contributed by atoms with Crippen molar-refractivity contribution in [1.29, 1.82) is 0 Å². The van der Waals surface area contributed by atoms with E-state index >= 15 is 0 Å². The summed E-state index contributed by atoms with van der Waals surface area (Å²) in [7, 11) is -3.81. The molecule has 0 radical (unpaired) electrons. The van der Waals surface area contributed by atoms with Crippen LogP contribution in [0.25, 0.3) is 0 Å². The molecule has 1 aromatic carbocycles. The minimum atomic E-state index is -3.81. The molecule has 150 valence electrons. The topological polar surface area (TPSA) is 86.7 Å². The summed E-state index contributed by atoms with van der Waals surface area (Å²) < 4.78 is 27.7. The molecule has 1 aliphatic carbocycles. The van der Waals surface area contributed by atoms with Crippen LogP contribution in [-0.2, 0) is 10.0 Å². The van der Waals surface area contributed by atoms with Crippen LogP contribution in [0.4, 0.5) is 0 Å². The molecule has 1 aliphatic heterocycles. The van der Waals surface area contributed by atoms with Gasteiger partial charge < -0.3 is 10.0 Å². The van der Waals surface area contributed by atoms with Gasteiger partial charge in [-0.25, -0.2) is 13.1 Å². The van der Waals surface area contributed by atoms with E-state index in [-0.39, 0.29) is 44.5 Å². The Morgan fingerprint density at radius 2 is 2.04 bits per heavy atom. The zero-order valence-electron chi connectivity index (χ0n) is 15.2. The second kappa shape index (κ2) is 7.87. The predicted molar refractivity (Wildman–Crippen MR) is 105 cm³/mol. The molecule has 9 heteroatoms. The second-order valence-corrected chi connectivity index (χ2v) is 10.00. The van der Waals surface area contributed by atoms with Crippen LogP contribution in [0.2, 0.25) is 10.0 Å². The SMILES string of the molecule is CCC1(CO)CCCN(C(=O)c2cc(S(=O)(=O)NC3CC3)c(Cl)cc2Cl)C1. The van der Waals surface area contributed by atoms with Crippen molar-refractivity contribution in [2.75, 3.05) is 19.7 Å². The van der Waals surface area contributed by atoms with Gasteiger partial charge in [0.15, 0.2) is 0 Å². The maximum Gasteiger partial charge on any atom is 0.255 e. The third kappa shape index (κ3) is 4.43. The summed E-state index contributed by atoms with van der Waals surface area (Å²) in [6.45, 7) is 2.96. The maximum atomic E-state index is 13.1. The minimum absolute atomic E-state index is 0.00652. The first-order valence-electron chi connectivity index (χ1n) is 9.13. The molecule has 1 unspecified atom stereocenters. The van der Waals surface area contributed by atoms with E-state index in [9.17, 15) is 18.3 Å². The average molecular weight is 435 g/mol. The van der Waals surface area contributed by atoms with Gasteiger partial charge in [0.25, 0.3) is 5.91 Å². The highest BCUT2D eigenvalue weighted by Crippen LogP contribution is 2.35. The van der Waals surface area contributed by atoms with Crippen LogP contribution in [0.1, 0.15) is 49.4 Å². The van der Waals surface area contributed by atoms with Crippen molar-refractivity contribution >= 4 is 39.1 Å². The fourth-order valence-corrected chi connectivity index (χ4v) is 5.62. The molecule has 0 spiro atoms. The van der Waals surface area contributed by atoms with E-state index in [0.717, 1.165) is 32.1 Å². The largest absolute Gasteiger partial charge is 0.396 e. The Hall–Kier alpha value is -0.860. The number of aliphatic hydroxyl groups excluding tert-OH is 1. The van der Waals surface area contributed by atoms with Crippen LogP contribution in [-0.4, -0.2) is 50.1 Å². The van der Waals surface area contributed by atoms with Crippen molar-refractivity contribution in [2.45, 2.75) is 50.0 Å². The molecule has 2 fully saturated rings. The summed E-state index contributed by atoms with van der Waals surface area (Å²) in [4.78, 5) is 14.6. The Kier molecular flexibility index (Phi) is 6.08. The van der Waals surface area contributed by atoms with Gasteiger partial charge in [0.05, 0.1) is 22.2 Å². The molecular formula is C18H24Cl2N2O4S. The number of nitrogens with one attached hydrogen (secondary N) is 1. The van der Waals surface area contributed by atoms with Crippen LogP contribution < -0.4 is 4.72 Å². The molecule has 0 bridgehead atoms. The van der Waals surface area contributed by atoms with Crippen molar-refractivity contribution in [3.63, 3.8) is 0 Å². The van der Waals surface area contributed by atoms with Crippen LogP contribution in [0.5, 0.6) is 0 Å². The molecule has 6 nitrogen and oxygen atoms in total. The smallest absolute Gasteiger partial charge is 0.255 e. The zero-order chi connectivity index (χ0) is 19.8. The number of hydrogen-bond acceptors (Lipinski definition) is 4. The van der Waals surface area contributed by atoms with Gasteiger partial charge in [0, 0.05) is 24.5 Å². The summed E-state index contributed by atoms with van der Waals surface area (Å²) in [6, 6.07) is 2.50. The van der Waals surface area contributed by atoms with Crippen LogP contribution in [0.3, 0.4) is 0 Å². The Morgan fingerprint density at radius 3 is 2.63 bits per heavy atom. The highest BCUT2D eigenvalue weighted by Gasteiger charge is 2.37. The number of piperidine rings is 1. The molecule has 27 heavy (non-hydrogen) atoms. The lowest BCUT2D eigenvalue weighted by atomic mass is 9.78. The van der Waals surface area contributed by atoms with Gasteiger partial charge in [-0.1, -0.05) is 30.1 Å². The first kappa shape index (κ1) is 20.9. The van der Waals surface area contributed by atoms with Crippen molar-refractivity contribution in [3.05, 3.63) is 27.7 Å². The molecule has 2 N–H and O–H groups in total. The molecule has 1 atom stereocenters. The van der Waals surface area contributed by atoms with E-state index in [1.54, 1.807) is 4.90 Å². The number of amides is 1. The summed E-state index contributed by atoms with van der Waals surface area (Å²) in [5.41, 5.74) is -0.211. The quantitative estimate of drug-likeness (QED) is 0.719. The van der Waals surface area contributed by atoms with E-state index in [0.29, 0.717) is 13.1 Å². The summed E-state index contributed by atoms with van der Waals surface area (Å²) in [5.74, 6) is -0.342.